The number of carbonyl (C=O) groups excluding carboxylic acids is 1. The van der Waals surface area contributed by atoms with Crippen LogP contribution in [0.5, 0.6) is 5.75 Å². The van der Waals surface area contributed by atoms with Crippen LogP contribution in [-0.2, 0) is 4.79 Å². The first-order valence-electron chi connectivity index (χ1n) is 6.80. The Labute approximate surface area is 121 Å². The molecule has 0 atom stereocenters. The standard InChI is InChI=1S/C16H22N2O2/c1-12(2)15-7-6-14(10-13(15)3)20-11-16(19)18(4)9-5-8-17/h6-7,10,12H,5,9,11H2,1-4H3. The van der Waals surface area contributed by atoms with Gasteiger partial charge in [-0.3, -0.25) is 4.79 Å². The highest BCUT2D eigenvalue weighted by Gasteiger charge is 2.10. The number of aryl methyl sites for hydroxylation is 1. The van der Waals surface area contributed by atoms with Crippen molar-refractivity contribution >= 4 is 5.91 Å². The monoisotopic (exact) mass is 274 g/mol. The molecule has 0 bridgehead atoms. The number of benzene rings is 1. The summed E-state index contributed by atoms with van der Waals surface area (Å²) in [5.74, 6) is 1.06. The van der Waals surface area contributed by atoms with Crippen molar-refractivity contribution in [3.63, 3.8) is 0 Å². The van der Waals surface area contributed by atoms with E-state index >= 15 is 0 Å². The van der Waals surface area contributed by atoms with Gasteiger partial charge in [0, 0.05) is 13.6 Å². The van der Waals surface area contributed by atoms with E-state index in [0.29, 0.717) is 24.6 Å². The van der Waals surface area contributed by atoms with E-state index in [1.54, 1.807) is 7.05 Å². The summed E-state index contributed by atoms with van der Waals surface area (Å²) < 4.78 is 5.51. The average molecular weight is 274 g/mol. The molecule has 1 rings (SSSR count). The van der Waals surface area contributed by atoms with E-state index in [-0.39, 0.29) is 12.5 Å². The summed E-state index contributed by atoms with van der Waals surface area (Å²) in [7, 11) is 1.68. The third-order valence-electron chi connectivity index (χ3n) is 3.21. The van der Waals surface area contributed by atoms with Gasteiger partial charge >= 0.3 is 0 Å². The summed E-state index contributed by atoms with van der Waals surface area (Å²) >= 11 is 0. The lowest BCUT2D eigenvalue weighted by atomic mass is 9.98. The van der Waals surface area contributed by atoms with Gasteiger partial charge in [0.1, 0.15) is 5.75 Å². The lowest BCUT2D eigenvalue weighted by Crippen LogP contribution is -2.32. The minimum Gasteiger partial charge on any atom is -0.484 e. The van der Waals surface area contributed by atoms with Gasteiger partial charge in [-0.15, -0.1) is 0 Å². The number of hydrogen-bond acceptors (Lipinski definition) is 3. The molecule has 0 saturated carbocycles. The zero-order valence-corrected chi connectivity index (χ0v) is 12.6. The minimum atomic E-state index is -0.120. The van der Waals surface area contributed by atoms with Gasteiger partial charge in [0.25, 0.3) is 5.91 Å². The Morgan fingerprint density at radius 1 is 1.45 bits per heavy atom. The fourth-order valence-electron chi connectivity index (χ4n) is 1.98. The second-order valence-electron chi connectivity index (χ2n) is 5.19. The predicted molar refractivity (Wildman–Crippen MR) is 78.6 cm³/mol. The number of carbonyl (C=O) groups is 1. The average Bonchev–Trinajstić information content (AvgIpc) is 2.41. The molecule has 20 heavy (non-hydrogen) atoms. The normalized spacial score (nSPS) is 10.2. The van der Waals surface area contributed by atoms with Gasteiger partial charge in [0.05, 0.1) is 12.5 Å². The fourth-order valence-corrected chi connectivity index (χ4v) is 1.98. The molecule has 4 heteroatoms. The molecule has 0 N–H and O–H groups in total. The van der Waals surface area contributed by atoms with E-state index in [0.717, 1.165) is 0 Å². The highest BCUT2D eigenvalue weighted by Crippen LogP contribution is 2.23. The number of likely N-dealkylation sites (N-methyl/N-ethyl adjacent to an activating group) is 1. The minimum absolute atomic E-state index is 0.00237. The van der Waals surface area contributed by atoms with Crippen molar-refractivity contribution in [3.05, 3.63) is 29.3 Å². The number of ether oxygens (including phenoxy) is 1. The smallest absolute Gasteiger partial charge is 0.260 e. The van der Waals surface area contributed by atoms with Crippen LogP contribution >= 0.6 is 0 Å². The SMILES string of the molecule is Cc1cc(OCC(=O)N(C)CCC#N)ccc1C(C)C. The second kappa shape index (κ2) is 7.54. The highest BCUT2D eigenvalue weighted by molar-refractivity contribution is 5.77. The van der Waals surface area contributed by atoms with E-state index in [1.807, 2.05) is 31.2 Å². The third kappa shape index (κ3) is 4.58. The maximum absolute atomic E-state index is 11.8. The topological polar surface area (TPSA) is 53.3 Å². The zero-order chi connectivity index (χ0) is 15.1. The Morgan fingerprint density at radius 2 is 2.15 bits per heavy atom. The molecular formula is C16H22N2O2. The highest BCUT2D eigenvalue weighted by atomic mass is 16.5. The van der Waals surface area contributed by atoms with Crippen molar-refractivity contribution in [2.24, 2.45) is 0 Å². The molecule has 0 aliphatic carbocycles. The first kappa shape index (κ1) is 16.0. The Morgan fingerprint density at radius 3 is 2.70 bits per heavy atom. The quantitative estimate of drug-likeness (QED) is 0.801. The maximum Gasteiger partial charge on any atom is 0.260 e. The Balaban J connectivity index is 2.56. The molecule has 0 radical (unpaired) electrons. The van der Waals surface area contributed by atoms with Crippen LogP contribution in [0.3, 0.4) is 0 Å². The summed E-state index contributed by atoms with van der Waals surface area (Å²) in [6.45, 7) is 6.78. The molecule has 0 unspecified atom stereocenters. The Kier molecular flexibility index (Phi) is 6.05. The van der Waals surface area contributed by atoms with Crippen LogP contribution < -0.4 is 4.74 Å². The Hall–Kier alpha value is -2.02. The van der Waals surface area contributed by atoms with Crippen LogP contribution in [0.4, 0.5) is 0 Å². The fraction of sp³-hybridized carbons (Fsp3) is 0.500. The van der Waals surface area contributed by atoms with Crippen LogP contribution in [0.1, 0.15) is 37.3 Å². The molecule has 0 spiro atoms. The lowest BCUT2D eigenvalue weighted by molar-refractivity contribution is -0.131. The lowest BCUT2D eigenvalue weighted by Gasteiger charge is -2.16. The van der Waals surface area contributed by atoms with E-state index in [4.69, 9.17) is 10.00 Å². The van der Waals surface area contributed by atoms with Crippen molar-refractivity contribution in [1.29, 1.82) is 5.26 Å². The number of amides is 1. The number of nitriles is 1. The van der Waals surface area contributed by atoms with E-state index in [2.05, 4.69) is 13.8 Å². The van der Waals surface area contributed by atoms with Crippen LogP contribution in [0.15, 0.2) is 18.2 Å². The predicted octanol–water partition coefficient (Wildman–Crippen LogP) is 2.87. The van der Waals surface area contributed by atoms with E-state index in [1.165, 1.54) is 16.0 Å². The van der Waals surface area contributed by atoms with Crippen LogP contribution in [0, 0.1) is 18.3 Å². The molecule has 1 aromatic carbocycles. The summed E-state index contributed by atoms with van der Waals surface area (Å²) in [5.41, 5.74) is 2.46. The zero-order valence-electron chi connectivity index (χ0n) is 12.6. The van der Waals surface area contributed by atoms with Crippen molar-refractivity contribution in [1.82, 2.24) is 4.90 Å². The number of nitrogens with zero attached hydrogens (tertiary/aromatic N) is 2. The van der Waals surface area contributed by atoms with Crippen molar-refractivity contribution in [2.75, 3.05) is 20.2 Å². The third-order valence-corrected chi connectivity index (χ3v) is 3.21. The molecule has 1 amide bonds. The van der Waals surface area contributed by atoms with Gasteiger partial charge in [-0.25, -0.2) is 0 Å². The summed E-state index contributed by atoms with van der Waals surface area (Å²) in [6.07, 6.45) is 0.338. The number of hydrogen-bond donors (Lipinski definition) is 0. The molecule has 0 aliphatic rings. The van der Waals surface area contributed by atoms with Gasteiger partial charge in [0.15, 0.2) is 6.61 Å². The largest absolute Gasteiger partial charge is 0.484 e. The van der Waals surface area contributed by atoms with Gasteiger partial charge in [-0.1, -0.05) is 19.9 Å². The molecule has 0 saturated heterocycles. The van der Waals surface area contributed by atoms with Crippen LogP contribution in [0.2, 0.25) is 0 Å². The van der Waals surface area contributed by atoms with E-state index < -0.39 is 0 Å². The molecule has 1 aromatic rings. The molecule has 0 heterocycles. The van der Waals surface area contributed by atoms with Gasteiger partial charge in [0.2, 0.25) is 0 Å². The van der Waals surface area contributed by atoms with Gasteiger partial charge in [-0.05, 0) is 36.1 Å². The second-order valence-corrected chi connectivity index (χ2v) is 5.19. The maximum atomic E-state index is 11.8. The molecule has 0 fully saturated rings. The van der Waals surface area contributed by atoms with Crippen molar-refractivity contribution < 1.29 is 9.53 Å². The van der Waals surface area contributed by atoms with Crippen LogP contribution in [0.25, 0.3) is 0 Å². The number of rotatable bonds is 6. The first-order valence-corrected chi connectivity index (χ1v) is 6.80. The summed E-state index contributed by atoms with van der Waals surface area (Å²) in [4.78, 5) is 13.3. The first-order chi connectivity index (χ1) is 9.45. The Bertz CT molecular complexity index is 504. The molecule has 108 valence electrons. The van der Waals surface area contributed by atoms with Crippen molar-refractivity contribution in [3.8, 4) is 11.8 Å². The molecule has 0 aromatic heterocycles. The molecule has 4 nitrogen and oxygen atoms in total. The van der Waals surface area contributed by atoms with Crippen LogP contribution in [-0.4, -0.2) is 31.0 Å². The molecule has 0 aliphatic heterocycles. The summed E-state index contributed by atoms with van der Waals surface area (Å²) in [5, 5.41) is 8.49. The molecular weight excluding hydrogens is 252 g/mol. The van der Waals surface area contributed by atoms with Gasteiger partial charge in [-0.2, -0.15) is 5.26 Å². The summed E-state index contributed by atoms with van der Waals surface area (Å²) in [6, 6.07) is 7.91. The van der Waals surface area contributed by atoms with Crippen molar-refractivity contribution in [2.45, 2.75) is 33.1 Å². The van der Waals surface area contributed by atoms with E-state index in [9.17, 15) is 4.79 Å². The van der Waals surface area contributed by atoms with Gasteiger partial charge < -0.3 is 9.64 Å².